The number of aromatic hydroxyl groups is 1. The number of rotatable bonds is 6. The summed E-state index contributed by atoms with van der Waals surface area (Å²) in [5.74, 6) is 0.169. The molecule has 4 nitrogen and oxygen atoms in total. The number of anilines is 1. The molecule has 1 aromatic heterocycles. The van der Waals surface area contributed by atoms with Crippen LogP contribution in [0.3, 0.4) is 0 Å². The Bertz CT molecular complexity index is 824. The summed E-state index contributed by atoms with van der Waals surface area (Å²) < 4.78 is 1.07. The first-order chi connectivity index (χ1) is 11.7. The first kappa shape index (κ1) is 16.5. The number of aromatic nitrogens is 1. The monoisotopic (exact) mass is 340 g/mol. The molecule has 3 aromatic rings. The van der Waals surface area contributed by atoms with Gasteiger partial charge >= 0.3 is 0 Å². The van der Waals surface area contributed by atoms with Crippen LogP contribution in [0.4, 0.5) is 5.69 Å². The summed E-state index contributed by atoms with van der Waals surface area (Å²) in [5.41, 5.74) is 2.23. The Hall–Kier alpha value is -2.40. The molecule has 0 unspecified atom stereocenters. The van der Waals surface area contributed by atoms with E-state index in [1.807, 2.05) is 24.3 Å². The van der Waals surface area contributed by atoms with E-state index in [2.05, 4.69) is 17.2 Å². The van der Waals surface area contributed by atoms with Crippen molar-refractivity contribution < 1.29 is 9.90 Å². The van der Waals surface area contributed by atoms with Gasteiger partial charge in [-0.2, -0.15) is 0 Å². The van der Waals surface area contributed by atoms with E-state index >= 15 is 0 Å². The molecular weight excluding hydrogens is 320 g/mol. The first-order valence-electron chi connectivity index (χ1n) is 8.16. The van der Waals surface area contributed by atoms with Gasteiger partial charge in [0, 0.05) is 12.1 Å². The number of phenolic OH excluding ortho intramolecular Hbond substituents is 1. The summed E-state index contributed by atoms with van der Waals surface area (Å²) in [4.78, 5) is 16.5. The lowest BCUT2D eigenvalue weighted by Gasteiger charge is -2.08. The van der Waals surface area contributed by atoms with Gasteiger partial charge in [-0.3, -0.25) is 4.79 Å². The maximum atomic E-state index is 12.0. The number of carbonyl (C=O) groups is 1. The van der Waals surface area contributed by atoms with E-state index in [0.29, 0.717) is 17.7 Å². The Balaban J connectivity index is 1.82. The lowest BCUT2D eigenvalue weighted by atomic mass is 10.1. The second kappa shape index (κ2) is 7.45. The van der Waals surface area contributed by atoms with Crippen LogP contribution in [0.2, 0.25) is 0 Å². The second-order valence-corrected chi connectivity index (χ2v) is 6.75. The Morgan fingerprint density at radius 1 is 1.21 bits per heavy atom. The molecule has 2 aromatic carbocycles. The van der Waals surface area contributed by atoms with Gasteiger partial charge in [0.2, 0.25) is 5.91 Å². The predicted molar refractivity (Wildman–Crippen MR) is 99.5 cm³/mol. The minimum absolute atomic E-state index is 0.00406. The highest BCUT2D eigenvalue weighted by atomic mass is 32.1. The number of nitrogens with one attached hydrogen (secondary N) is 1. The molecular formula is C19H20N2O2S. The topological polar surface area (TPSA) is 62.2 Å². The normalized spacial score (nSPS) is 10.9. The van der Waals surface area contributed by atoms with Crippen molar-refractivity contribution in [1.82, 2.24) is 4.98 Å². The quantitative estimate of drug-likeness (QED) is 0.479. The van der Waals surface area contributed by atoms with Gasteiger partial charge in [0.15, 0.2) is 0 Å². The minimum atomic E-state index is 0.00406. The molecule has 0 aliphatic heterocycles. The summed E-state index contributed by atoms with van der Waals surface area (Å²) in [6.45, 7) is 2.11. The Morgan fingerprint density at radius 2 is 2.04 bits per heavy atom. The zero-order chi connectivity index (χ0) is 16.9. The van der Waals surface area contributed by atoms with Crippen molar-refractivity contribution >= 4 is 33.1 Å². The molecule has 0 bridgehead atoms. The van der Waals surface area contributed by atoms with E-state index in [4.69, 9.17) is 0 Å². The molecule has 0 saturated heterocycles. The molecule has 0 aliphatic rings. The number of carbonyl (C=O) groups excluding carboxylic acids is 1. The highest BCUT2D eigenvalue weighted by molar-refractivity contribution is 7.21. The molecule has 0 atom stereocenters. The standard InChI is InChI=1S/C19H20N2O2S/c1-2-3-4-9-18(23)20-13-10-11-16(22)14(12-13)19-21-15-7-5-6-8-17(15)24-19/h5-8,10-12,22H,2-4,9H2,1H3,(H,20,23). The number of unbranched alkanes of at least 4 members (excludes halogenated alkanes) is 2. The highest BCUT2D eigenvalue weighted by Gasteiger charge is 2.12. The number of hydrogen-bond donors (Lipinski definition) is 2. The molecule has 2 N–H and O–H groups in total. The molecule has 1 heterocycles. The number of benzene rings is 2. The number of para-hydroxylation sites is 1. The number of hydrogen-bond acceptors (Lipinski definition) is 4. The van der Waals surface area contributed by atoms with Gasteiger partial charge < -0.3 is 10.4 Å². The van der Waals surface area contributed by atoms with Gasteiger partial charge in [0.1, 0.15) is 10.8 Å². The van der Waals surface area contributed by atoms with E-state index in [1.54, 1.807) is 18.2 Å². The van der Waals surface area contributed by atoms with Crippen molar-refractivity contribution in [2.75, 3.05) is 5.32 Å². The van der Waals surface area contributed by atoms with Crippen molar-refractivity contribution in [2.45, 2.75) is 32.6 Å². The van der Waals surface area contributed by atoms with Crippen LogP contribution in [0.15, 0.2) is 42.5 Å². The van der Waals surface area contributed by atoms with Crippen LogP contribution in [0.25, 0.3) is 20.8 Å². The number of amides is 1. The van der Waals surface area contributed by atoms with Gasteiger partial charge in [-0.25, -0.2) is 4.98 Å². The van der Waals surface area contributed by atoms with Crippen LogP contribution < -0.4 is 5.32 Å². The van der Waals surface area contributed by atoms with Gasteiger partial charge in [-0.15, -0.1) is 11.3 Å². The summed E-state index contributed by atoms with van der Waals surface area (Å²) in [6, 6.07) is 13.0. The van der Waals surface area contributed by atoms with E-state index < -0.39 is 0 Å². The zero-order valence-electron chi connectivity index (χ0n) is 13.6. The molecule has 0 fully saturated rings. The van der Waals surface area contributed by atoms with Crippen LogP contribution in [0.1, 0.15) is 32.6 Å². The van der Waals surface area contributed by atoms with Crippen molar-refractivity contribution in [2.24, 2.45) is 0 Å². The van der Waals surface area contributed by atoms with Gasteiger partial charge in [0.05, 0.1) is 15.8 Å². The van der Waals surface area contributed by atoms with Crippen LogP contribution >= 0.6 is 11.3 Å². The minimum Gasteiger partial charge on any atom is -0.507 e. The maximum absolute atomic E-state index is 12.0. The van der Waals surface area contributed by atoms with Crippen molar-refractivity contribution in [3.05, 3.63) is 42.5 Å². The van der Waals surface area contributed by atoms with Crippen molar-refractivity contribution in [3.8, 4) is 16.3 Å². The summed E-state index contributed by atoms with van der Waals surface area (Å²) in [5, 5.41) is 13.8. The smallest absolute Gasteiger partial charge is 0.224 e. The number of nitrogens with zero attached hydrogens (tertiary/aromatic N) is 1. The SMILES string of the molecule is CCCCCC(=O)Nc1ccc(O)c(-c2nc3ccccc3s2)c1. The zero-order valence-corrected chi connectivity index (χ0v) is 14.4. The third kappa shape index (κ3) is 3.74. The lowest BCUT2D eigenvalue weighted by Crippen LogP contribution is -2.10. The molecule has 5 heteroatoms. The number of fused-ring (bicyclic) bond motifs is 1. The van der Waals surface area contributed by atoms with E-state index in [1.165, 1.54) is 11.3 Å². The Morgan fingerprint density at radius 3 is 2.83 bits per heavy atom. The van der Waals surface area contributed by atoms with Crippen LogP contribution in [-0.4, -0.2) is 16.0 Å². The molecule has 0 saturated carbocycles. The largest absolute Gasteiger partial charge is 0.507 e. The fourth-order valence-corrected chi connectivity index (χ4v) is 3.52. The highest BCUT2D eigenvalue weighted by Crippen LogP contribution is 2.36. The molecule has 0 radical (unpaired) electrons. The Kier molecular flexibility index (Phi) is 5.11. The van der Waals surface area contributed by atoms with E-state index in [-0.39, 0.29) is 11.7 Å². The molecule has 1 amide bonds. The fourth-order valence-electron chi connectivity index (χ4n) is 2.53. The van der Waals surface area contributed by atoms with E-state index in [9.17, 15) is 9.90 Å². The third-order valence-corrected chi connectivity index (χ3v) is 4.88. The van der Waals surface area contributed by atoms with Crippen LogP contribution in [-0.2, 0) is 4.79 Å². The Labute approximate surface area is 145 Å². The van der Waals surface area contributed by atoms with E-state index in [0.717, 1.165) is 34.5 Å². The molecule has 0 aliphatic carbocycles. The average Bonchev–Trinajstić information content (AvgIpc) is 3.00. The molecule has 124 valence electrons. The lowest BCUT2D eigenvalue weighted by molar-refractivity contribution is -0.116. The summed E-state index contributed by atoms with van der Waals surface area (Å²) in [7, 11) is 0. The van der Waals surface area contributed by atoms with Gasteiger partial charge in [0.25, 0.3) is 0 Å². The predicted octanol–water partition coefficient (Wildman–Crippen LogP) is 5.19. The average molecular weight is 340 g/mol. The summed E-state index contributed by atoms with van der Waals surface area (Å²) >= 11 is 1.53. The van der Waals surface area contributed by atoms with Gasteiger partial charge in [-0.05, 0) is 36.8 Å². The van der Waals surface area contributed by atoms with Crippen LogP contribution in [0.5, 0.6) is 5.75 Å². The van der Waals surface area contributed by atoms with Crippen molar-refractivity contribution in [3.63, 3.8) is 0 Å². The van der Waals surface area contributed by atoms with Crippen LogP contribution in [0, 0.1) is 0 Å². The number of thiazole rings is 1. The van der Waals surface area contributed by atoms with Crippen molar-refractivity contribution in [1.29, 1.82) is 0 Å². The number of phenols is 1. The summed E-state index contributed by atoms with van der Waals surface area (Å²) in [6.07, 6.45) is 3.56. The maximum Gasteiger partial charge on any atom is 0.224 e. The van der Waals surface area contributed by atoms with Gasteiger partial charge in [-0.1, -0.05) is 31.9 Å². The molecule has 3 rings (SSSR count). The fraction of sp³-hybridized carbons (Fsp3) is 0.263. The molecule has 24 heavy (non-hydrogen) atoms. The molecule has 0 spiro atoms. The third-order valence-electron chi connectivity index (χ3n) is 3.81. The second-order valence-electron chi connectivity index (χ2n) is 5.72. The first-order valence-corrected chi connectivity index (χ1v) is 8.98.